The zero-order valence-corrected chi connectivity index (χ0v) is 42.7. The van der Waals surface area contributed by atoms with Gasteiger partial charge in [0.25, 0.3) is 0 Å². The van der Waals surface area contributed by atoms with Crippen molar-refractivity contribution in [2.45, 2.75) is 103 Å². The van der Waals surface area contributed by atoms with Crippen molar-refractivity contribution < 1.29 is 71.6 Å². The van der Waals surface area contributed by atoms with Crippen molar-refractivity contribution in [2.75, 3.05) is 32.8 Å². The molecule has 1 aliphatic rings. The van der Waals surface area contributed by atoms with Crippen LogP contribution >= 0.6 is 0 Å². The third-order valence-electron chi connectivity index (χ3n) is 10.9. The van der Waals surface area contributed by atoms with Crippen molar-refractivity contribution in [1.82, 2.24) is 37.2 Å². The normalized spacial score (nSPS) is 13.5. The monoisotopic (exact) mass is 1040 g/mol. The van der Waals surface area contributed by atoms with E-state index < -0.39 is 122 Å². The minimum Gasteiger partial charge on any atom is -0.460 e. The maximum Gasteiger partial charge on any atom is 0.408 e. The Kier molecular flexibility index (Phi) is 22.6. The smallest absolute Gasteiger partial charge is 0.408 e. The predicted molar refractivity (Wildman–Crippen MR) is 270 cm³/mol. The molecule has 0 bridgehead atoms. The zero-order valence-electron chi connectivity index (χ0n) is 42.7. The Morgan fingerprint density at radius 1 is 0.653 bits per heavy atom. The van der Waals surface area contributed by atoms with Crippen LogP contribution in [0.5, 0.6) is 0 Å². The van der Waals surface area contributed by atoms with Gasteiger partial charge in [0.2, 0.25) is 29.5 Å². The standard InChI is InChI=1S/C52H66N8O15/c1-8-22-71-48(67)39(58-49(68)73-29-37-35-20-14-12-18-33(35)34-19-13-15-21-36(34)37)24-43(63)74-31(4)44(60-50(69)72-28-32-16-10-9-11-17-32)47(66)55-25-40(59-51(70)75-52(5,6)7)46(65)57-38(23-30(2)3)45(64)56-27-42(62)54-26-41(53)61/h8-21,30-31,37-40,44H,1,22-29H2,2-7H3,(H2,53,61)(H,54,62)(H,55,66)(H,56,64)(H,57,65)(H,58,68)(H,59,70)(H,60,69)/t31-,38+,39+,40+,44+/m1/s1. The number of benzene rings is 3. The quantitative estimate of drug-likeness (QED) is 0.0325. The summed E-state index contributed by atoms with van der Waals surface area (Å²) in [6, 6.07) is 17.4. The lowest BCUT2D eigenvalue weighted by atomic mass is 9.98. The molecule has 0 unspecified atom stereocenters. The lowest BCUT2D eigenvalue weighted by Crippen LogP contribution is -2.60. The second-order valence-electron chi connectivity index (χ2n) is 18.6. The number of hydrogen-bond donors (Lipinski definition) is 8. The van der Waals surface area contributed by atoms with E-state index in [1.54, 1.807) is 65.0 Å². The fourth-order valence-corrected chi connectivity index (χ4v) is 7.48. The first-order valence-corrected chi connectivity index (χ1v) is 24.0. The van der Waals surface area contributed by atoms with E-state index >= 15 is 0 Å². The summed E-state index contributed by atoms with van der Waals surface area (Å²) in [5.74, 6) is -7.16. The molecule has 3 aromatic carbocycles. The third kappa shape index (κ3) is 19.8. The molecule has 0 fully saturated rings. The van der Waals surface area contributed by atoms with Crippen LogP contribution in [0.15, 0.2) is 91.5 Å². The average Bonchev–Trinajstić information content (AvgIpc) is 3.67. The molecule has 4 rings (SSSR count). The molecular formula is C52H66N8O15. The second-order valence-corrected chi connectivity index (χ2v) is 18.6. The Morgan fingerprint density at radius 2 is 1.25 bits per heavy atom. The van der Waals surface area contributed by atoms with Crippen molar-refractivity contribution >= 4 is 59.8 Å². The predicted octanol–water partition coefficient (Wildman–Crippen LogP) is 2.50. The van der Waals surface area contributed by atoms with Crippen LogP contribution in [0, 0.1) is 5.92 Å². The first-order valence-electron chi connectivity index (χ1n) is 24.0. The van der Waals surface area contributed by atoms with Gasteiger partial charge < -0.3 is 66.6 Å². The Hall–Kier alpha value is -8.50. The van der Waals surface area contributed by atoms with E-state index in [9.17, 15) is 47.9 Å². The molecule has 5 atom stereocenters. The Balaban J connectivity index is 1.52. The van der Waals surface area contributed by atoms with Crippen molar-refractivity contribution in [3.8, 4) is 11.1 Å². The maximum absolute atomic E-state index is 14.1. The summed E-state index contributed by atoms with van der Waals surface area (Å²) < 4.78 is 27.0. The highest BCUT2D eigenvalue weighted by molar-refractivity contribution is 5.94. The number of fused-ring (bicyclic) bond motifs is 3. The maximum atomic E-state index is 14.1. The molecular weight excluding hydrogens is 977 g/mol. The van der Waals surface area contributed by atoms with Gasteiger partial charge >= 0.3 is 30.2 Å². The molecule has 0 saturated heterocycles. The molecule has 9 N–H and O–H groups in total. The molecule has 3 aromatic rings. The lowest BCUT2D eigenvalue weighted by molar-refractivity contribution is -0.156. The molecule has 8 amide bonds. The van der Waals surface area contributed by atoms with Gasteiger partial charge in [-0.15, -0.1) is 0 Å². The van der Waals surface area contributed by atoms with Gasteiger partial charge in [-0.2, -0.15) is 0 Å². The van der Waals surface area contributed by atoms with Gasteiger partial charge in [-0.1, -0.05) is 105 Å². The number of carbonyl (C=O) groups is 10. The van der Waals surface area contributed by atoms with Gasteiger partial charge in [0.05, 0.1) is 19.5 Å². The molecule has 23 nitrogen and oxygen atoms in total. The minimum absolute atomic E-state index is 0.0417. The molecule has 0 saturated carbocycles. The van der Waals surface area contributed by atoms with Crippen molar-refractivity contribution in [1.29, 1.82) is 0 Å². The Labute approximate surface area is 434 Å². The average molecular weight is 1040 g/mol. The summed E-state index contributed by atoms with van der Waals surface area (Å²) >= 11 is 0. The van der Waals surface area contributed by atoms with Crippen LogP contribution in [0.3, 0.4) is 0 Å². The number of primary amides is 1. The van der Waals surface area contributed by atoms with Crippen LogP contribution in [0.2, 0.25) is 0 Å². The number of carbonyl (C=O) groups excluding carboxylic acids is 10. The van der Waals surface area contributed by atoms with Gasteiger partial charge in [-0.25, -0.2) is 19.2 Å². The topological polar surface area (TPSA) is 327 Å². The number of esters is 2. The van der Waals surface area contributed by atoms with E-state index in [1.807, 2.05) is 48.5 Å². The molecule has 0 heterocycles. The molecule has 0 aliphatic heterocycles. The molecule has 0 aromatic heterocycles. The summed E-state index contributed by atoms with van der Waals surface area (Å²) in [5, 5.41) is 16.6. The van der Waals surface area contributed by atoms with Gasteiger partial charge in [0.15, 0.2) is 0 Å². The number of alkyl carbamates (subject to hydrolysis) is 3. The fourth-order valence-electron chi connectivity index (χ4n) is 7.48. The third-order valence-corrected chi connectivity index (χ3v) is 10.9. The SMILES string of the molecule is C=CCOC(=O)[C@H](CC(=O)O[C@H](C)[C@H](NC(=O)OCc1ccccc1)C(=O)NC[C@H](NC(=O)OC(C)(C)C)C(=O)N[C@@H](CC(C)C)C(=O)NCC(=O)NCC(N)=O)NC(=O)OCC1c2ccccc2-c2ccccc21. The fraction of sp³-hybridized carbons (Fsp3) is 0.423. The number of amides is 8. The number of nitrogens with two attached hydrogens (primary N) is 1. The highest BCUT2D eigenvalue weighted by Crippen LogP contribution is 2.44. The number of rotatable bonds is 26. The summed E-state index contributed by atoms with van der Waals surface area (Å²) in [5.41, 5.74) is 8.42. The second kappa shape index (κ2) is 28.7. The van der Waals surface area contributed by atoms with Crippen molar-refractivity contribution in [3.63, 3.8) is 0 Å². The van der Waals surface area contributed by atoms with Crippen LogP contribution in [0.25, 0.3) is 11.1 Å². The van der Waals surface area contributed by atoms with Crippen LogP contribution in [0.4, 0.5) is 14.4 Å². The largest absolute Gasteiger partial charge is 0.460 e. The molecule has 0 spiro atoms. The number of hydrogen-bond acceptors (Lipinski definition) is 15. The van der Waals surface area contributed by atoms with Crippen LogP contribution in [-0.4, -0.2) is 128 Å². The zero-order chi connectivity index (χ0) is 55.2. The summed E-state index contributed by atoms with van der Waals surface area (Å²) in [4.78, 5) is 131. The first-order chi connectivity index (χ1) is 35.5. The van der Waals surface area contributed by atoms with Crippen molar-refractivity contribution in [2.24, 2.45) is 11.7 Å². The van der Waals surface area contributed by atoms with E-state index in [1.165, 1.54) is 13.0 Å². The summed E-state index contributed by atoms with van der Waals surface area (Å²) in [7, 11) is 0. The first kappa shape index (κ1) is 59.1. The molecule has 0 radical (unpaired) electrons. The minimum atomic E-state index is -1.79. The number of nitrogens with one attached hydrogen (secondary N) is 7. The molecule has 23 heteroatoms. The van der Waals surface area contributed by atoms with Gasteiger partial charge in [0.1, 0.15) is 55.7 Å². The highest BCUT2D eigenvalue weighted by Gasteiger charge is 2.36. The van der Waals surface area contributed by atoms with E-state index in [0.29, 0.717) is 5.56 Å². The van der Waals surface area contributed by atoms with Gasteiger partial charge in [-0.3, -0.25) is 28.8 Å². The number of ether oxygens (including phenoxy) is 5. The van der Waals surface area contributed by atoms with E-state index in [0.717, 1.165) is 22.3 Å². The van der Waals surface area contributed by atoms with Gasteiger partial charge in [0, 0.05) is 12.5 Å². The van der Waals surface area contributed by atoms with Crippen LogP contribution < -0.4 is 43.0 Å². The Bertz CT molecular complexity index is 2490. The summed E-state index contributed by atoms with van der Waals surface area (Å²) in [6.07, 6.45) is -4.39. The van der Waals surface area contributed by atoms with E-state index in [2.05, 4.69) is 43.8 Å². The van der Waals surface area contributed by atoms with E-state index in [4.69, 9.17) is 29.4 Å². The Morgan fingerprint density at radius 3 is 1.85 bits per heavy atom. The lowest BCUT2D eigenvalue weighted by Gasteiger charge is -2.28. The summed E-state index contributed by atoms with van der Waals surface area (Å²) in [6.45, 7) is 10.5. The van der Waals surface area contributed by atoms with E-state index in [-0.39, 0.29) is 38.1 Å². The van der Waals surface area contributed by atoms with Crippen LogP contribution in [0.1, 0.15) is 77.0 Å². The molecule has 1 aliphatic carbocycles. The van der Waals surface area contributed by atoms with Crippen molar-refractivity contribution in [3.05, 3.63) is 108 Å². The van der Waals surface area contributed by atoms with Gasteiger partial charge in [-0.05, 0) is 67.9 Å². The van der Waals surface area contributed by atoms with Crippen LogP contribution in [-0.2, 0) is 63.9 Å². The molecule has 75 heavy (non-hydrogen) atoms. The highest BCUT2D eigenvalue weighted by atomic mass is 16.6. The molecule has 404 valence electrons.